The lowest BCUT2D eigenvalue weighted by atomic mass is 10.1. The predicted molar refractivity (Wildman–Crippen MR) is 91.3 cm³/mol. The van der Waals surface area contributed by atoms with Crippen LogP contribution in [0.25, 0.3) is 0 Å². The van der Waals surface area contributed by atoms with Gasteiger partial charge in [0.25, 0.3) is 0 Å². The molecule has 0 unspecified atom stereocenters. The van der Waals surface area contributed by atoms with Crippen molar-refractivity contribution >= 4 is 5.96 Å². The van der Waals surface area contributed by atoms with Gasteiger partial charge >= 0.3 is 0 Å². The highest BCUT2D eigenvalue weighted by Crippen LogP contribution is 2.13. The van der Waals surface area contributed by atoms with Gasteiger partial charge in [-0.1, -0.05) is 24.3 Å². The van der Waals surface area contributed by atoms with Crippen LogP contribution in [0.3, 0.4) is 0 Å². The van der Waals surface area contributed by atoms with Crippen LogP contribution in [0.2, 0.25) is 0 Å². The van der Waals surface area contributed by atoms with Crippen molar-refractivity contribution in [1.82, 2.24) is 10.2 Å². The van der Waals surface area contributed by atoms with Gasteiger partial charge in [-0.2, -0.15) is 0 Å². The van der Waals surface area contributed by atoms with E-state index in [9.17, 15) is 0 Å². The Morgan fingerprint density at radius 2 is 1.81 bits per heavy atom. The van der Waals surface area contributed by atoms with Crippen LogP contribution in [-0.2, 0) is 13.1 Å². The smallest absolute Gasteiger partial charge is 0.189 e. The average Bonchev–Trinajstić information content (AvgIpc) is 2.35. The van der Waals surface area contributed by atoms with Crippen LogP contribution >= 0.6 is 0 Å². The summed E-state index contributed by atoms with van der Waals surface area (Å²) in [5, 5.41) is 3.19. The van der Waals surface area contributed by atoms with E-state index in [-0.39, 0.29) is 5.54 Å². The number of benzene rings is 1. The summed E-state index contributed by atoms with van der Waals surface area (Å²) in [5.41, 5.74) is 8.40. The van der Waals surface area contributed by atoms with E-state index in [0.717, 1.165) is 6.54 Å². The Kier molecular flexibility index (Phi) is 6.21. The Morgan fingerprint density at radius 3 is 2.33 bits per heavy atom. The highest BCUT2D eigenvalue weighted by atomic mass is 15.1. The number of rotatable bonds is 5. The molecule has 0 atom stereocenters. The number of aliphatic imine (C=N–C) groups is 1. The molecule has 4 heteroatoms. The molecule has 0 aromatic heterocycles. The zero-order valence-corrected chi connectivity index (χ0v) is 14.3. The molecular formula is C17H30N4. The molecule has 3 N–H and O–H groups in total. The van der Waals surface area contributed by atoms with Crippen LogP contribution < -0.4 is 11.1 Å². The van der Waals surface area contributed by atoms with Crippen LogP contribution in [0.4, 0.5) is 0 Å². The summed E-state index contributed by atoms with van der Waals surface area (Å²) >= 11 is 0. The minimum atomic E-state index is -0.0645. The largest absolute Gasteiger partial charge is 0.370 e. The van der Waals surface area contributed by atoms with Gasteiger partial charge in [0, 0.05) is 18.1 Å². The van der Waals surface area contributed by atoms with Crippen molar-refractivity contribution in [1.29, 1.82) is 0 Å². The summed E-state index contributed by atoms with van der Waals surface area (Å²) in [7, 11) is 2.14. The van der Waals surface area contributed by atoms with Crippen LogP contribution in [0.5, 0.6) is 0 Å². The lowest BCUT2D eigenvalue weighted by Crippen LogP contribution is -2.45. The zero-order valence-electron chi connectivity index (χ0n) is 14.3. The molecule has 1 rings (SSSR count). The highest BCUT2D eigenvalue weighted by molar-refractivity contribution is 5.78. The normalized spacial score (nSPS) is 13.0. The van der Waals surface area contributed by atoms with E-state index in [1.807, 2.05) is 0 Å². The number of guanidine groups is 1. The Hall–Kier alpha value is -1.55. The summed E-state index contributed by atoms with van der Waals surface area (Å²) in [6, 6.07) is 8.94. The summed E-state index contributed by atoms with van der Waals surface area (Å²) in [6.07, 6.45) is 0. The summed E-state index contributed by atoms with van der Waals surface area (Å²) in [5.74, 6) is 0.495. The molecular weight excluding hydrogens is 260 g/mol. The Morgan fingerprint density at radius 1 is 1.24 bits per heavy atom. The quantitative estimate of drug-likeness (QED) is 0.647. The van der Waals surface area contributed by atoms with Gasteiger partial charge in [0.15, 0.2) is 5.96 Å². The van der Waals surface area contributed by atoms with Crippen molar-refractivity contribution in [3.05, 3.63) is 35.4 Å². The monoisotopic (exact) mass is 290 g/mol. The van der Waals surface area contributed by atoms with Crippen LogP contribution in [0.1, 0.15) is 45.7 Å². The van der Waals surface area contributed by atoms with Crippen molar-refractivity contribution in [2.45, 2.75) is 59.3 Å². The number of nitrogens with two attached hydrogens (primary N) is 1. The van der Waals surface area contributed by atoms with E-state index in [4.69, 9.17) is 5.73 Å². The number of nitrogens with one attached hydrogen (secondary N) is 1. The maximum absolute atomic E-state index is 5.94. The molecule has 0 fully saturated rings. The van der Waals surface area contributed by atoms with E-state index in [0.29, 0.717) is 18.5 Å². The molecule has 0 spiro atoms. The maximum atomic E-state index is 5.94. The first kappa shape index (κ1) is 17.5. The summed E-state index contributed by atoms with van der Waals surface area (Å²) < 4.78 is 0. The van der Waals surface area contributed by atoms with Gasteiger partial charge in [-0.3, -0.25) is 4.90 Å². The fourth-order valence-electron chi connectivity index (χ4n) is 1.91. The van der Waals surface area contributed by atoms with Crippen molar-refractivity contribution in [2.75, 3.05) is 7.05 Å². The lowest BCUT2D eigenvalue weighted by molar-refractivity contribution is 0.265. The van der Waals surface area contributed by atoms with Gasteiger partial charge in [-0.05, 0) is 52.8 Å². The molecule has 0 aliphatic rings. The first-order valence-electron chi connectivity index (χ1n) is 7.54. The van der Waals surface area contributed by atoms with Gasteiger partial charge in [-0.15, -0.1) is 0 Å². The van der Waals surface area contributed by atoms with Crippen molar-refractivity contribution < 1.29 is 0 Å². The van der Waals surface area contributed by atoms with E-state index in [1.54, 1.807) is 0 Å². The third-order valence-corrected chi connectivity index (χ3v) is 3.34. The Labute approximate surface area is 129 Å². The molecule has 1 aromatic rings. The number of nitrogens with zero attached hydrogens (tertiary/aromatic N) is 2. The van der Waals surface area contributed by atoms with Crippen LogP contribution in [0, 0.1) is 0 Å². The molecule has 0 amide bonds. The molecule has 0 saturated carbocycles. The van der Waals surface area contributed by atoms with Gasteiger partial charge in [-0.25, -0.2) is 4.99 Å². The molecule has 0 bridgehead atoms. The second-order valence-electron chi connectivity index (χ2n) is 6.85. The second kappa shape index (κ2) is 7.46. The lowest BCUT2D eigenvalue weighted by Gasteiger charge is -2.23. The Bertz CT molecular complexity index is 472. The van der Waals surface area contributed by atoms with Gasteiger partial charge in [0.1, 0.15) is 0 Å². The third-order valence-electron chi connectivity index (χ3n) is 3.34. The molecule has 0 heterocycles. The molecule has 1 aromatic carbocycles. The minimum Gasteiger partial charge on any atom is -0.370 e. The molecule has 0 radical (unpaired) electrons. The standard InChI is InChI=1S/C17H30N4/c1-13(2)21(6)12-15-10-8-7-9-14(15)11-19-16(18)20-17(3,4)5/h7-10,13H,11-12H2,1-6H3,(H3,18,19,20). The predicted octanol–water partition coefficient (Wildman–Crippen LogP) is 2.73. The van der Waals surface area contributed by atoms with Crippen LogP contribution in [-0.4, -0.2) is 29.5 Å². The maximum Gasteiger partial charge on any atom is 0.189 e. The fraction of sp³-hybridized carbons (Fsp3) is 0.588. The van der Waals surface area contributed by atoms with Crippen molar-refractivity contribution in [2.24, 2.45) is 10.7 Å². The summed E-state index contributed by atoms with van der Waals surface area (Å²) in [4.78, 5) is 6.78. The first-order valence-corrected chi connectivity index (χ1v) is 7.54. The van der Waals surface area contributed by atoms with E-state index < -0.39 is 0 Å². The fourth-order valence-corrected chi connectivity index (χ4v) is 1.91. The molecule has 0 aliphatic heterocycles. The zero-order chi connectivity index (χ0) is 16.0. The van der Waals surface area contributed by atoms with Crippen LogP contribution in [0.15, 0.2) is 29.3 Å². The third kappa shape index (κ3) is 6.63. The van der Waals surface area contributed by atoms with E-state index in [1.165, 1.54) is 11.1 Å². The van der Waals surface area contributed by atoms with Gasteiger partial charge < -0.3 is 11.1 Å². The molecule has 0 aliphatic carbocycles. The molecule has 118 valence electrons. The second-order valence-corrected chi connectivity index (χ2v) is 6.85. The van der Waals surface area contributed by atoms with E-state index in [2.05, 4.69) is 81.1 Å². The van der Waals surface area contributed by atoms with Crippen molar-refractivity contribution in [3.63, 3.8) is 0 Å². The molecule has 0 saturated heterocycles. The SMILES string of the molecule is CC(C)N(C)Cc1ccccc1CN=C(N)NC(C)(C)C. The summed E-state index contributed by atoms with van der Waals surface area (Å²) in [6.45, 7) is 12.1. The number of hydrogen-bond donors (Lipinski definition) is 2. The van der Waals surface area contributed by atoms with Crippen molar-refractivity contribution in [3.8, 4) is 0 Å². The first-order chi connectivity index (χ1) is 9.69. The van der Waals surface area contributed by atoms with Gasteiger partial charge in [0.2, 0.25) is 0 Å². The molecule has 4 nitrogen and oxygen atoms in total. The minimum absolute atomic E-state index is 0.0645. The highest BCUT2D eigenvalue weighted by Gasteiger charge is 2.10. The average molecular weight is 290 g/mol. The Balaban J connectivity index is 2.78. The molecule has 21 heavy (non-hydrogen) atoms. The topological polar surface area (TPSA) is 53.6 Å². The van der Waals surface area contributed by atoms with E-state index >= 15 is 0 Å². The van der Waals surface area contributed by atoms with Gasteiger partial charge in [0.05, 0.1) is 6.54 Å². The number of hydrogen-bond acceptors (Lipinski definition) is 2.